The minimum atomic E-state index is -0.0310. The summed E-state index contributed by atoms with van der Waals surface area (Å²) in [5, 5.41) is 4.90. The average molecular weight is 491 g/mol. The fourth-order valence-corrected chi connectivity index (χ4v) is 5.79. The first-order chi connectivity index (χ1) is 17.0. The lowest BCUT2D eigenvalue weighted by Crippen LogP contribution is -2.43. The summed E-state index contributed by atoms with van der Waals surface area (Å²) in [6.07, 6.45) is 5.78. The lowest BCUT2D eigenvalue weighted by molar-refractivity contribution is 0.0939. The van der Waals surface area contributed by atoms with Crippen LogP contribution in [-0.2, 0) is 6.54 Å². The third kappa shape index (κ3) is 5.62. The minimum absolute atomic E-state index is 0.0310. The highest BCUT2D eigenvalue weighted by Crippen LogP contribution is 2.29. The lowest BCUT2D eigenvalue weighted by atomic mass is 9.89. The SMILES string of the molecule is CC1CCCC(C)N1Cc1ccc2cc(NC(=O)N3CCC(c4ccc(Cl)cc4)CC3)ccc2n1. The highest BCUT2D eigenvalue weighted by Gasteiger charge is 2.25. The molecule has 2 aliphatic heterocycles. The van der Waals surface area contributed by atoms with Crippen molar-refractivity contribution in [3.05, 3.63) is 70.9 Å². The number of aromatic nitrogens is 1. The molecule has 3 aromatic rings. The molecular weight excluding hydrogens is 456 g/mol. The number of likely N-dealkylation sites (tertiary alicyclic amines) is 2. The van der Waals surface area contributed by atoms with Gasteiger partial charge in [-0.25, -0.2) is 4.79 Å². The maximum atomic E-state index is 12.9. The van der Waals surface area contributed by atoms with Gasteiger partial charge in [0.15, 0.2) is 0 Å². The van der Waals surface area contributed by atoms with E-state index in [0.717, 1.165) is 59.8 Å². The van der Waals surface area contributed by atoms with Gasteiger partial charge in [0.25, 0.3) is 0 Å². The van der Waals surface area contributed by atoms with Crippen LogP contribution in [0.3, 0.4) is 0 Å². The molecule has 2 saturated heterocycles. The Morgan fingerprint density at radius 3 is 2.40 bits per heavy atom. The van der Waals surface area contributed by atoms with Crippen LogP contribution in [0.2, 0.25) is 5.02 Å². The topological polar surface area (TPSA) is 48.5 Å². The van der Waals surface area contributed by atoms with Crippen molar-refractivity contribution in [3.8, 4) is 0 Å². The van der Waals surface area contributed by atoms with E-state index < -0.39 is 0 Å². The first-order valence-corrected chi connectivity index (χ1v) is 13.3. The van der Waals surface area contributed by atoms with Crippen molar-refractivity contribution in [1.29, 1.82) is 0 Å². The van der Waals surface area contributed by atoms with Gasteiger partial charge >= 0.3 is 6.03 Å². The highest BCUT2D eigenvalue weighted by molar-refractivity contribution is 6.30. The molecule has 6 heteroatoms. The predicted octanol–water partition coefficient (Wildman–Crippen LogP) is 7.06. The monoisotopic (exact) mass is 490 g/mol. The zero-order valence-corrected chi connectivity index (χ0v) is 21.5. The molecule has 184 valence electrons. The average Bonchev–Trinajstić information content (AvgIpc) is 2.87. The molecule has 0 radical (unpaired) electrons. The second-order valence-electron chi connectivity index (χ2n) is 10.3. The van der Waals surface area contributed by atoms with E-state index >= 15 is 0 Å². The summed E-state index contributed by atoms with van der Waals surface area (Å²) in [6.45, 7) is 7.05. The van der Waals surface area contributed by atoms with Gasteiger partial charge in [0, 0.05) is 47.8 Å². The number of nitrogens with one attached hydrogen (secondary N) is 1. The Morgan fingerprint density at radius 1 is 0.971 bits per heavy atom. The van der Waals surface area contributed by atoms with Crippen LogP contribution >= 0.6 is 11.6 Å². The van der Waals surface area contributed by atoms with Crippen molar-refractivity contribution in [2.75, 3.05) is 18.4 Å². The largest absolute Gasteiger partial charge is 0.324 e. The fraction of sp³-hybridized carbons (Fsp3) is 0.448. The molecule has 1 aromatic heterocycles. The summed E-state index contributed by atoms with van der Waals surface area (Å²) in [6, 6.07) is 19.5. The van der Waals surface area contributed by atoms with Gasteiger partial charge in [-0.15, -0.1) is 0 Å². The summed E-state index contributed by atoms with van der Waals surface area (Å²) in [5.74, 6) is 0.480. The number of piperidine rings is 2. The van der Waals surface area contributed by atoms with E-state index in [1.165, 1.54) is 24.8 Å². The molecule has 2 aromatic carbocycles. The van der Waals surface area contributed by atoms with Crippen LogP contribution in [0.1, 0.15) is 63.1 Å². The summed E-state index contributed by atoms with van der Waals surface area (Å²) in [4.78, 5) is 22.3. The Balaban J connectivity index is 1.19. The number of urea groups is 1. The zero-order chi connectivity index (χ0) is 24.4. The van der Waals surface area contributed by atoms with Crippen LogP contribution < -0.4 is 5.32 Å². The molecule has 2 unspecified atom stereocenters. The number of hydrogen-bond donors (Lipinski definition) is 1. The summed E-state index contributed by atoms with van der Waals surface area (Å²) in [5.41, 5.74) is 4.20. The number of nitrogens with zero attached hydrogens (tertiary/aromatic N) is 3. The lowest BCUT2D eigenvalue weighted by Gasteiger charge is -2.38. The number of anilines is 1. The summed E-state index contributed by atoms with van der Waals surface area (Å²) >= 11 is 6.02. The number of carbonyl (C=O) groups is 1. The van der Waals surface area contributed by atoms with Crippen LogP contribution in [0.4, 0.5) is 10.5 Å². The van der Waals surface area contributed by atoms with Crippen LogP contribution in [0.15, 0.2) is 54.6 Å². The molecular formula is C29H35ClN4O. The number of benzene rings is 2. The molecule has 2 fully saturated rings. The van der Waals surface area contributed by atoms with Crippen molar-refractivity contribution < 1.29 is 4.79 Å². The number of carbonyl (C=O) groups excluding carboxylic acids is 1. The number of halogens is 1. The Bertz CT molecular complexity index is 1160. The first-order valence-electron chi connectivity index (χ1n) is 12.9. The second kappa shape index (κ2) is 10.5. The van der Waals surface area contributed by atoms with Crippen molar-refractivity contribution >= 4 is 34.2 Å². The molecule has 0 aliphatic carbocycles. The molecule has 0 spiro atoms. The minimum Gasteiger partial charge on any atom is -0.324 e. The molecule has 3 heterocycles. The van der Waals surface area contributed by atoms with Gasteiger partial charge in [-0.1, -0.05) is 36.2 Å². The smallest absolute Gasteiger partial charge is 0.321 e. The molecule has 2 aliphatic rings. The molecule has 5 rings (SSSR count). The molecule has 5 nitrogen and oxygen atoms in total. The molecule has 0 bridgehead atoms. The highest BCUT2D eigenvalue weighted by atomic mass is 35.5. The van der Waals surface area contributed by atoms with Gasteiger partial charge < -0.3 is 10.2 Å². The van der Waals surface area contributed by atoms with E-state index in [9.17, 15) is 4.79 Å². The first kappa shape index (κ1) is 24.1. The molecule has 1 N–H and O–H groups in total. The Hall–Kier alpha value is -2.63. The van der Waals surface area contributed by atoms with Gasteiger partial charge in [-0.2, -0.15) is 0 Å². The van der Waals surface area contributed by atoms with Crippen LogP contribution in [0.5, 0.6) is 0 Å². The Kier molecular flexibility index (Phi) is 7.26. The van der Waals surface area contributed by atoms with Crippen molar-refractivity contribution in [2.45, 2.75) is 70.5 Å². The van der Waals surface area contributed by atoms with Gasteiger partial charge in [0.2, 0.25) is 0 Å². The molecule has 2 amide bonds. The molecule has 35 heavy (non-hydrogen) atoms. The van der Waals surface area contributed by atoms with Crippen LogP contribution in [-0.4, -0.2) is 46.0 Å². The van der Waals surface area contributed by atoms with Gasteiger partial charge in [-0.05, 0) is 87.4 Å². The quantitative estimate of drug-likeness (QED) is 0.425. The van der Waals surface area contributed by atoms with Crippen LogP contribution in [0, 0.1) is 0 Å². The Morgan fingerprint density at radius 2 is 1.69 bits per heavy atom. The maximum absolute atomic E-state index is 12.9. The maximum Gasteiger partial charge on any atom is 0.321 e. The van der Waals surface area contributed by atoms with E-state index in [1.54, 1.807) is 0 Å². The van der Waals surface area contributed by atoms with Gasteiger partial charge in [0.05, 0.1) is 11.2 Å². The number of fused-ring (bicyclic) bond motifs is 1. The molecule has 2 atom stereocenters. The van der Waals surface area contributed by atoms with Crippen molar-refractivity contribution in [3.63, 3.8) is 0 Å². The zero-order valence-electron chi connectivity index (χ0n) is 20.7. The normalized spacial score (nSPS) is 21.9. The van der Waals surface area contributed by atoms with E-state index in [1.807, 2.05) is 35.2 Å². The summed E-state index contributed by atoms with van der Waals surface area (Å²) < 4.78 is 0. The number of hydrogen-bond acceptors (Lipinski definition) is 3. The van der Waals surface area contributed by atoms with E-state index in [4.69, 9.17) is 16.6 Å². The number of pyridine rings is 1. The Labute approximate surface area is 213 Å². The fourth-order valence-electron chi connectivity index (χ4n) is 5.66. The van der Waals surface area contributed by atoms with Gasteiger partial charge in [0.1, 0.15) is 0 Å². The number of amides is 2. The van der Waals surface area contributed by atoms with Crippen LogP contribution in [0.25, 0.3) is 10.9 Å². The van der Waals surface area contributed by atoms with Gasteiger partial charge in [-0.3, -0.25) is 9.88 Å². The van der Waals surface area contributed by atoms with Crippen molar-refractivity contribution in [1.82, 2.24) is 14.8 Å². The van der Waals surface area contributed by atoms with E-state index in [-0.39, 0.29) is 6.03 Å². The van der Waals surface area contributed by atoms with Crippen molar-refractivity contribution in [2.24, 2.45) is 0 Å². The third-order valence-corrected chi connectivity index (χ3v) is 8.09. The van der Waals surface area contributed by atoms with E-state index in [0.29, 0.717) is 18.0 Å². The standard InChI is InChI=1S/C29H35ClN4O/c1-20-4-3-5-21(2)34(20)19-27-11-8-24-18-26(12-13-28(24)31-27)32-29(35)33-16-14-23(15-17-33)22-6-9-25(30)10-7-22/h6-13,18,20-21,23H,3-5,14-17,19H2,1-2H3,(H,32,35). The summed E-state index contributed by atoms with van der Waals surface area (Å²) in [7, 11) is 0. The molecule has 0 saturated carbocycles. The number of rotatable bonds is 4. The van der Waals surface area contributed by atoms with E-state index in [2.05, 4.69) is 48.3 Å². The second-order valence-corrected chi connectivity index (χ2v) is 10.7. The predicted molar refractivity (Wildman–Crippen MR) is 144 cm³/mol. The third-order valence-electron chi connectivity index (χ3n) is 7.84.